The first-order valence-corrected chi connectivity index (χ1v) is 12.4. The molecule has 9 heteroatoms. The molecule has 6 rings (SSSR count). The Morgan fingerprint density at radius 2 is 1.81 bits per heavy atom. The number of nitrogens with one attached hydrogen (secondary N) is 1. The summed E-state index contributed by atoms with van der Waals surface area (Å²) in [7, 11) is 0. The number of rotatable bonds is 5. The zero-order valence-corrected chi connectivity index (χ0v) is 19.9. The van der Waals surface area contributed by atoms with Gasteiger partial charge in [-0.2, -0.15) is 4.98 Å². The van der Waals surface area contributed by atoms with Crippen molar-refractivity contribution in [3.63, 3.8) is 0 Å². The summed E-state index contributed by atoms with van der Waals surface area (Å²) in [5.74, 6) is 0.863. The maximum absolute atomic E-state index is 13.0. The Labute approximate surface area is 208 Å². The van der Waals surface area contributed by atoms with Gasteiger partial charge in [0, 0.05) is 24.1 Å². The third kappa shape index (κ3) is 4.30. The van der Waals surface area contributed by atoms with Crippen LogP contribution in [0, 0.1) is 0 Å². The number of benzene rings is 2. The van der Waals surface area contributed by atoms with Crippen molar-refractivity contribution in [3.8, 4) is 11.4 Å². The summed E-state index contributed by atoms with van der Waals surface area (Å²) in [5, 5.41) is 6.47. The highest BCUT2D eigenvalue weighted by molar-refractivity contribution is 6.05. The fourth-order valence-corrected chi connectivity index (χ4v) is 5.49. The van der Waals surface area contributed by atoms with Crippen molar-refractivity contribution in [3.05, 3.63) is 71.1 Å². The molecule has 1 atom stereocenters. The lowest BCUT2D eigenvalue weighted by Gasteiger charge is -2.31. The summed E-state index contributed by atoms with van der Waals surface area (Å²) < 4.78 is 5.48. The van der Waals surface area contributed by atoms with Gasteiger partial charge >= 0.3 is 0 Å². The van der Waals surface area contributed by atoms with E-state index in [0.717, 1.165) is 37.1 Å². The number of aromatic nitrogens is 2. The highest BCUT2D eigenvalue weighted by atomic mass is 16.5. The highest BCUT2D eigenvalue weighted by Gasteiger charge is 2.39. The van der Waals surface area contributed by atoms with Crippen molar-refractivity contribution < 1.29 is 18.9 Å². The smallest absolute Gasteiger partial charge is 0.255 e. The molecule has 2 aromatic carbocycles. The number of hydrogen-bond acceptors (Lipinski definition) is 7. The topological polar surface area (TPSA) is 109 Å². The van der Waals surface area contributed by atoms with Crippen LogP contribution in [0.4, 0.5) is 0 Å². The van der Waals surface area contributed by atoms with Crippen LogP contribution in [0.25, 0.3) is 11.4 Å². The van der Waals surface area contributed by atoms with Crippen LogP contribution in [-0.4, -0.2) is 56.8 Å². The van der Waals surface area contributed by atoms with Crippen molar-refractivity contribution in [1.82, 2.24) is 25.3 Å². The van der Waals surface area contributed by atoms with Crippen LogP contribution in [0.1, 0.15) is 59.0 Å². The maximum atomic E-state index is 13.0. The van der Waals surface area contributed by atoms with Crippen LogP contribution < -0.4 is 5.32 Å². The Morgan fingerprint density at radius 1 is 1.00 bits per heavy atom. The summed E-state index contributed by atoms with van der Waals surface area (Å²) >= 11 is 0. The van der Waals surface area contributed by atoms with Crippen LogP contribution in [0.3, 0.4) is 0 Å². The number of imide groups is 1. The molecule has 0 spiro atoms. The Morgan fingerprint density at radius 3 is 2.58 bits per heavy atom. The van der Waals surface area contributed by atoms with Crippen LogP contribution in [0.2, 0.25) is 0 Å². The molecule has 0 aliphatic carbocycles. The minimum Gasteiger partial charge on any atom is -0.338 e. The summed E-state index contributed by atoms with van der Waals surface area (Å²) in [6, 6.07) is 15.3. The number of likely N-dealkylation sites (tertiary alicyclic amines) is 1. The quantitative estimate of drug-likeness (QED) is 0.554. The minimum absolute atomic E-state index is 0.129. The molecular formula is C27H27N5O4. The molecule has 0 saturated carbocycles. The van der Waals surface area contributed by atoms with E-state index in [1.807, 2.05) is 36.4 Å². The van der Waals surface area contributed by atoms with E-state index in [4.69, 9.17) is 4.52 Å². The molecule has 2 saturated heterocycles. The number of amides is 3. The maximum Gasteiger partial charge on any atom is 0.255 e. The standard InChI is InChI=1S/C27H27N5O4/c33-23-9-8-22(26(34)28-23)32-15-20-14-19(6-7-21(20)27(32)35)17-10-12-31(13-11-17)16-24-29-25(30-36-24)18-4-2-1-3-5-18/h1-7,14,17,22H,8-13,15-16H2,(H,28,33,34). The Hall–Kier alpha value is -3.85. The van der Waals surface area contributed by atoms with E-state index in [1.165, 1.54) is 5.56 Å². The number of fused-ring (bicyclic) bond motifs is 1. The number of piperidine rings is 2. The van der Waals surface area contributed by atoms with Crippen molar-refractivity contribution >= 4 is 17.7 Å². The van der Waals surface area contributed by atoms with Crippen molar-refractivity contribution in [2.24, 2.45) is 0 Å². The van der Waals surface area contributed by atoms with Gasteiger partial charge in [0.25, 0.3) is 5.91 Å². The first kappa shape index (κ1) is 22.6. The van der Waals surface area contributed by atoms with Crippen molar-refractivity contribution in [1.29, 1.82) is 0 Å². The lowest BCUT2D eigenvalue weighted by molar-refractivity contribution is -0.136. The van der Waals surface area contributed by atoms with Gasteiger partial charge in [0.2, 0.25) is 23.5 Å². The largest absolute Gasteiger partial charge is 0.338 e. The van der Waals surface area contributed by atoms with Crippen LogP contribution in [-0.2, 0) is 22.7 Å². The predicted octanol–water partition coefficient (Wildman–Crippen LogP) is 2.88. The third-order valence-electron chi connectivity index (χ3n) is 7.47. The Kier molecular flexibility index (Phi) is 5.85. The SMILES string of the molecule is O=C1CCC(N2Cc3cc(C4CCN(Cc5nc(-c6ccccc6)no5)CC4)ccc3C2=O)C(=O)N1. The van der Waals surface area contributed by atoms with E-state index in [-0.39, 0.29) is 24.1 Å². The molecule has 184 valence electrons. The zero-order chi connectivity index (χ0) is 24.6. The first-order chi connectivity index (χ1) is 17.5. The van der Waals surface area contributed by atoms with Gasteiger partial charge in [-0.05, 0) is 55.5 Å². The van der Waals surface area contributed by atoms with Gasteiger partial charge in [0.15, 0.2) is 0 Å². The molecule has 0 bridgehead atoms. The average molecular weight is 486 g/mol. The molecule has 9 nitrogen and oxygen atoms in total. The van der Waals surface area contributed by atoms with Gasteiger partial charge in [0.1, 0.15) is 6.04 Å². The molecule has 3 aliphatic rings. The second-order valence-electron chi connectivity index (χ2n) is 9.74. The van der Waals surface area contributed by atoms with E-state index >= 15 is 0 Å². The first-order valence-electron chi connectivity index (χ1n) is 12.4. The highest BCUT2D eigenvalue weighted by Crippen LogP contribution is 2.34. The predicted molar refractivity (Wildman–Crippen MR) is 129 cm³/mol. The van der Waals surface area contributed by atoms with Gasteiger partial charge in [-0.1, -0.05) is 47.6 Å². The molecule has 2 fully saturated rings. The molecule has 4 heterocycles. The molecule has 3 aromatic rings. The summed E-state index contributed by atoms with van der Waals surface area (Å²) in [6.45, 7) is 2.89. The number of nitrogens with zero attached hydrogens (tertiary/aromatic N) is 4. The van der Waals surface area contributed by atoms with Crippen LogP contribution >= 0.6 is 0 Å². The van der Waals surface area contributed by atoms with Crippen molar-refractivity contribution in [2.75, 3.05) is 13.1 Å². The second-order valence-corrected chi connectivity index (χ2v) is 9.74. The molecule has 1 aromatic heterocycles. The summed E-state index contributed by atoms with van der Waals surface area (Å²) in [4.78, 5) is 45.2. The number of carbonyl (C=O) groups excluding carboxylic acids is 3. The minimum atomic E-state index is -0.582. The number of hydrogen-bond donors (Lipinski definition) is 1. The van der Waals surface area contributed by atoms with Crippen molar-refractivity contribution in [2.45, 2.75) is 50.7 Å². The normalized spacial score (nSPS) is 21.1. The van der Waals surface area contributed by atoms with E-state index < -0.39 is 6.04 Å². The second kappa shape index (κ2) is 9.31. The molecule has 0 radical (unpaired) electrons. The summed E-state index contributed by atoms with van der Waals surface area (Å²) in [5.41, 5.74) is 3.79. The molecule has 36 heavy (non-hydrogen) atoms. The number of carbonyl (C=O) groups is 3. The van der Waals surface area contributed by atoms with E-state index in [1.54, 1.807) is 4.90 Å². The van der Waals surface area contributed by atoms with Gasteiger partial charge in [-0.15, -0.1) is 0 Å². The fraction of sp³-hybridized carbons (Fsp3) is 0.370. The zero-order valence-electron chi connectivity index (χ0n) is 19.9. The van der Waals surface area contributed by atoms with Gasteiger partial charge < -0.3 is 9.42 Å². The van der Waals surface area contributed by atoms with Crippen LogP contribution in [0.15, 0.2) is 53.1 Å². The lowest BCUT2D eigenvalue weighted by atomic mass is 9.88. The lowest BCUT2D eigenvalue weighted by Crippen LogP contribution is -2.52. The monoisotopic (exact) mass is 485 g/mol. The fourth-order valence-electron chi connectivity index (χ4n) is 5.49. The van der Waals surface area contributed by atoms with Crippen LogP contribution in [0.5, 0.6) is 0 Å². The molecule has 3 aliphatic heterocycles. The van der Waals surface area contributed by atoms with E-state index in [0.29, 0.717) is 42.7 Å². The Balaban J connectivity index is 1.07. The van der Waals surface area contributed by atoms with E-state index in [2.05, 4.69) is 32.5 Å². The summed E-state index contributed by atoms with van der Waals surface area (Å²) in [6.07, 6.45) is 2.65. The van der Waals surface area contributed by atoms with E-state index in [9.17, 15) is 14.4 Å². The third-order valence-corrected chi connectivity index (χ3v) is 7.47. The molecule has 1 N–H and O–H groups in total. The van der Waals surface area contributed by atoms with Gasteiger partial charge in [-0.3, -0.25) is 24.6 Å². The Bertz CT molecular complexity index is 1310. The molecule has 1 unspecified atom stereocenters. The molecular weight excluding hydrogens is 458 g/mol. The van der Waals surface area contributed by atoms with Gasteiger partial charge in [0.05, 0.1) is 6.54 Å². The van der Waals surface area contributed by atoms with Gasteiger partial charge in [-0.25, -0.2) is 0 Å². The molecule has 3 amide bonds. The average Bonchev–Trinajstić information content (AvgIpc) is 3.49.